The summed E-state index contributed by atoms with van der Waals surface area (Å²) in [5.74, 6) is 0.645. The minimum atomic E-state index is 0.0889. The van der Waals surface area contributed by atoms with E-state index in [1.54, 1.807) is 0 Å². The van der Waals surface area contributed by atoms with Crippen LogP contribution in [0.2, 0.25) is 0 Å². The Kier molecular flexibility index (Phi) is 3.70. The summed E-state index contributed by atoms with van der Waals surface area (Å²) >= 11 is 0. The van der Waals surface area contributed by atoms with Gasteiger partial charge in [0.05, 0.1) is 0 Å². The molecule has 0 bridgehead atoms. The Bertz CT molecular complexity index is 570. The third kappa shape index (κ3) is 2.94. The molecule has 1 saturated heterocycles. The van der Waals surface area contributed by atoms with Gasteiger partial charge in [0.25, 0.3) is 5.91 Å². The second-order valence-electron chi connectivity index (χ2n) is 6.21. The highest BCUT2D eigenvalue weighted by molar-refractivity contribution is 5.96. The summed E-state index contributed by atoms with van der Waals surface area (Å²) < 4.78 is 0. The van der Waals surface area contributed by atoms with Gasteiger partial charge in [-0.2, -0.15) is 0 Å². The summed E-state index contributed by atoms with van der Waals surface area (Å²) in [6.07, 6.45) is 2.08. The van der Waals surface area contributed by atoms with Crippen molar-refractivity contribution in [3.63, 3.8) is 0 Å². The van der Waals surface area contributed by atoms with Crippen molar-refractivity contribution in [2.24, 2.45) is 5.92 Å². The predicted molar refractivity (Wildman–Crippen MR) is 81.1 cm³/mol. The van der Waals surface area contributed by atoms with Crippen molar-refractivity contribution in [1.29, 1.82) is 0 Å². The van der Waals surface area contributed by atoms with Gasteiger partial charge in [0, 0.05) is 37.7 Å². The molecular formula is C17H22N2O2. The molecule has 1 aliphatic carbocycles. The van der Waals surface area contributed by atoms with Crippen LogP contribution < -0.4 is 0 Å². The Morgan fingerprint density at radius 2 is 1.62 bits per heavy atom. The fourth-order valence-electron chi connectivity index (χ4n) is 2.94. The number of amides is 2. The molecule has 21 heavy (non-hydrogen) atoms. The second-order valence-corrected chi connectivity index (χ2v) is 6.21. The highest BCUT2D eigenvalue weighted by atomic mass is 16.2. The van der Waals surface area contributed by atoms with Crippen molar-refractivity contribution < 1.29 is 9.59 Å². The highest BCUT2D eigenvalue weighted by Crippen LogP contribution is 2.31. The van der Waals surface area contributed by atoms with Crippen LogP contribution in [0, 0.1) is 19.8 Å². The molecule has 1 aromatic carbocycles. The van der Waals surface area contributed by atoms with Crippen LogP contribution in [-0.4, -0.2) is 47.8 Å². The zero-order chi connectivity index (χ0) is 15.0. The summed E-state index contributed by atoms with van der Waals surface area (Å²) in [6.45, 7) is 6.64. The lowest BCUT2D eigenvalue weighted by atomic mass is 10.0. The van der Waals surface area contributed by atoms with Crippen molar-refractivity contribution in [2.45, 2.75) is 26.7 Å². The molecule has 0 spiro atoms. The maximum Gasteiger partial charge on any atom is 0.254 e. The molecule has 2 amide bonds. The lowest BCUT2D eigenvalue weighted by Crippen LogP contribution is -2.51. The minimum absolute atomic E-state index is 0.0889. The average molecular weight is 286 g/mol. The molecule has 0 aromatic heterocycles. The number of carbonyl (C=O) groups is 2. The standard InChI is InChI=1S/C17H22N2O2/c1-12-3-6-15(13(2)11-12)17(21)19-9-7-18(8-10-19)16(20)14-4-5-14/h3,6,11,14H,4-5,7-10H2,1-2H3. The first-order valence-electron chi connectivity index (χ1n) is 7.71. The molecule has 2 aliphatic rings. The molecule has 1 heterocycles. The van der Waals surface area contributed by atoms with E-state index in [-0.39, 0.29) is 17.7 Å². The molecule has 0 N–H and O–H groups in total. The van der Waals surface area contributed by atoms with Crippen LogP contribution in [0.4, 0.5) is 0 Å². The van der Waals surface area contributed by atoms with Crippen LogP contribution >= 0.6 is 0 Å². The molecule has 1 aliphatic heterocycles. The number of carbonyl (C=O) groups excluding carboxylic acids is 2. The van der Waals surface area contributed by atoms with Crippen LogP contribution in [0.3, 0.4) is 0 Å². The second kappa shape index (κ2) is 5.51. The van der Waals surface area contributed by atoms with E-state index in [0.29, 0.717) is 26.2 Å². The van der Waals surface area contributed by atoms with Gasteiger partial charge in [-0.1, -0.05) is 17.7 Å². The van der Waals surface area contributed by atoms with Crippen molar-refractivity contribution in [3.05, 3.63) is 34.9 Å². The van der Waals surface area contributed by atoms with E-state index in [2.05, 4.69) is 0 Å². The lowest BCUT2D eigenvalue weighted by Gasteiger charge is -2.35. The molecule has 3 rings (SSSR count). The summed E-state index contributed by atoms with van der Waals surface area (Å²) in [5.41, 5.74) is 2.97. The average Bonchev–Trinajstić information content (AvgIpc) is 3.31. The Morgan fingerprint density at radius 1 is 1.00 bits per heavy atom. The Balaban J connectivity index is 1.63. The molecular weight excluding hydrogens is 264 g/mol. The van der Waals surface area contributed by atoms with Gasteiger partial charge in [0.15, 0.2) is 0 Å². The SMILES string of the molecule is Cc1ccc(C(=O)N2CCN(C(=O)C3CC3)CC2)c(C)c1. The quantitative estimate of drug-likeness (QED) is 0.834. The minimum Gasteiger partial charge on any atom is -0.339 e. The maximum absolute atomic E-state index is 12.6. The zero-order valence-electron chi connectivity index (χ0n) is 12.8. The molecule has 1 saturated carbocycles. The number of aryl methyl sites for hydroxylation is 2. The summed E-state index contributed by atoms with van der Waals surface area (Å²) in [7, 11) is 0. The summed E-state index contributed by atoms with van der Waals surface area (Å²) in [5, 5.41) is 0. The monoisotopic (exact) mass is 286 g/mol. The van der Waals surface area contributed by atoms with Gasteiger partial charge < -0.3 is 9.80 Å². The Labute approximate surface area is 125 Å². The topological polar surface area (TPSA) is 40.6 Å². The van der Waals surface area contributed by atoms with E-state index >= 15 is 0 Å². The molecule has 0 radical (unpaired) electrons. The van der Waals surface area contributed by atoms with Crippen LogP contribution in [0.5, 0.6) is 0 Å². The van der Waals surface area contributed by atoms with Gasteiger partial charge >= 0.3 is 0 Å². The Morgan fingerprint density at radius 3 is 2.19 bits per heavy atom. The van der Waals surface area contributed by atoms with E-state index < -0.39 is 0 Å². The molecule has 0 unspecified atom stereocenters. The van der Waals surface area contributed by atoms with Crippen LogP contribution in [0.25, 0.3) is 0 Å². The third-order valence-electron chi connectivity index (χ3n) is 4.42. The van der Waals surface area contributed by atoms with E-state index in [1.165, 1.54) is 5.56 Å². The first-order chi connectivity index (χ1) is 10.1. The first-order valence-corrected chi connectivity index (χ1v) is 7.71. The van der Waals surface area contributed by atoms with Crippen molar-refractivity contribution >= 4 is 11.8 Å². The number of hydrogen-bond acceptors (Lipinski definition) is 2. The van der Waals surface area contributed by atoms with Gasteiger partial charge in [-0.05, 0) is 38.3 Å². The molecule has 112 valence electrons. The molecule has 0 atom stereocenters. The van der Waals surface area contributed by atoms with Crippen LogP contribution in [0.1, 0.15) is 34.3 Å². The van der Waals surface area contributed by atoms with E-state index in [9.17, 15) is 9.59 Å². The third-order valence-corrected chi connectivity index (χ3v) is 4.42. The normalized spacial score (nSPS) is 18.8. The van der Waals surface area contributed by atoms with Crippen molar-refractivity contribution in [1.82, 2.24) is 9.80 Å². The largest absolute Gasteiger partial charge is 0.339 e. The van der Waals surface area contributed by atoms with Crippen molar-refractivity contribution in [2.75, 3.05) is 26.2 Å². The first kappa shape index (κ1) is 14.1. The molecule has 2 fully saturated rings. The van der Waals surface area contributed by atoms with E-state index in [4.69, 9.17) is 0 Å². The van der Waals surface area contributed by atoms with E-state index in [1.807, 2.05) is 41.8 Å². The number of nitrogens with zero attached hydrogens (tertiary/aromatic N) is 2. The smallest absolute Gasteiger partial charge is 0.254 e. The molecule has 4 heteroatoms. The van der Waals surface area contributed by atoms with Crippen LogP contribution in [0.15, 0.2) is 18.2 Å². The van der Waals surface area contributed by atoms with Gasteiger partial charge in [0.1, 0.15) is 0 Å². The predicted octanol–water partition coefficient (Wildman–Crippen LogP) is 2.00. The Hall–Kier alpha value is -1.84. The molecule has 1 aromatic rings. The zero-order valence-corrected chi connectivity index (χ0v) is 12.8. The fraction of sp³-hybridized carbons (Fsp3) is 0.529. The maximum atomic E-state index is 12.6. The number of hydrogen-bond donors (Lipinski definition) is 0. The van der Waals surface area contributed by atoms with Gasteiger partial charge in [-0.25, -0.2) is 0 Å². The number of piperazine rings is 1. The number of benzene rings is 1. The van der Waals surface area contributed by atoms with Gasteiger partial charge in [-0.3, -0.25) is 9.59 Å². The van der Waals surface area contributed by atoms with Gasteiger partial charge in [0.2, 0.25) is 5.91 Å². The van der Waals surface area contributed by atoms with Crippen LogP contribution in [-0.2, 0) is 4.79 Å². The molecule has 4 nitrogen and oxygen atoms in total. The summed E-state index contributed by atoms with van der Waals surface area (Å²) in [6, 6.07) is 5.93. The number of rotatable bonds is 2. The summed E-state index contributed by atoms with van der Waals surface area (Å²) in [4.78, 5) is 28.4. The highest BCUT2D eigenvalue weighted by Gasteiger charge is 2.35. The lowest BCUT2D eigenvalue weighted by molar-refractivity contribution is -0.134. The van der Waals surface area contributed by atoms with E-state index in [0.717, 1.165) is 24.0 Å². The fourth-order valence-corrected chi connectivity index (χ4v) is 2.94. The van der Waals surface area contributed by atoms with Gasteiger partial charge in [-0.15, -0.1) is 0 Å². The van der Waals surface area contributed by atoms with Crippen molar-refractivity contribution in [3.8, 4) is 0 Å².